The molecule has 0 bridgehead atoms. The first-order chi connectivity index (χ1) is 18.4. The number of methoxy groups -OCH3 is 1. The van der Waals surface area contributed by atoms with Gasteiger partial charge in [0.15, 0.2) is 5.82 Å². The minimum atomic E-state index is -2.71. The molecule has 2 N–H and O–H groups in total. The number of carbonyl (C=O) groups excluding carboxylic acids is 2. The molecule has 210 valence electrons. The van der Waals surface area contributed by atoms with Gasteiger partial charge in [-0.3, -0.25) is 9.59 Å². The van der Waals surface area contributed by atoms with Crippen LogP contribution in [0, 0.1) is 12.3 Å². The third kappa shape index (κ3) is 5.10. The highest BCUT2D eigenvalue weighted by atomic mass is 19.3. The number of benzene rings is 1. The van der Waals surface area contributed by atoms with Gasteiger partial charge in [0.25, 0.3) is 11.8 Å². The van der Waals surface area contributed by atoms with E-state index in [0.29, 0.717) is 52.6 Å². The van der Waals surface area contributed by atoms with E-state index in [9.17, 15) is 18.4 Å². The van der Waals surface area contributed by atoms with Crippen molar-refractivity contribution in [3.63, 3.8) is 0 Å². The van der Waals surface area contributed by atoms with Crippen molar-refractivity contribution < 1.29 is 23.1 Å². The molecule has 0 unspecified atom stereocenters. The number of halogens is 2. The van der Waals surface area contributed by atoms with Crippen LogP contribution in [-0.2, 0) is 4.79 Å². The van der Waals surface area contributed by atoms with E-state index in [4.69, 9.17) is 9.72 Å². The van der Waals surface area contributed by atoms with E-state index in [1.54, 1.807) is 37.2 Å². The molecule has 11 heteroatoms. The van der Waals surface area contributed by atoms with Crippen molar-refractivity contribution in [2.45, 2.75) is 77.3 Å². The normalized spacial score (nSPS) is 20.7. The van der Waals surface area contributed by atoms with Crippen molar-refractivity contribution in [2.24, 2.45) is 5.41 Å². The van der Waals surface area contributed by atoms with Crippen LogP contribution in [0.2, 0.25) is 0 Å². The van der Waals surface area contributed by atoms with Crippen LogP contribution in [0.3, 0.4) is 0 Å². The zero-order valence-corrected chi connectivity index (χ0v) is 23.1. The summed E-state index contributed by atoms with van der Waals surface area (Å²) in [4.78, 5) is 39.3. The first-order valence-electron chi connectivity index (χ1n) is 13.5. The summed E-state index contributed by atoms with van der Waals surface area (Å²) in [6, 6.07) is 3.09. The molecule has 2 fully saturated rings. The Morgan fingerprint density at radius 1 is 1.18 bits per heavy atom. The second kappa shape index (κ2) is 9.91. The van der Waals surface area contributed by atoms with Crippen LogP contribution in [-0.4, -0.2) is 60.5 Å². The predicted molar refractivity (Wildman–Crippen MR) is 145 cm³/mol. The molecule has 0 spiro atoms. The number of aromatic nitrogens is 2. The van der Waals surface area contributed by atoms with Crippen molar-refractivity contribution in [3.05, 3.63) is 29.5 Å². The molecule has 5 rings (SSSR count). The smallest absolute Gasteiger partial charge is 0.252 e. The van der Waals surface area contributed by atoms with Gasteiger partial charge in [-0.05, 0) is 45.7 Å². The van der Waals surface area contributed by atoms with Gasteiger partial charge in [-0.15, -0.1) is 0 Å². The topological polar surface area (TPSA) is 99.7 Å². The van der Waals surface area contributed by atoms with Crippen LogP contribution in [0.25, 0.3) is 0 Å². The Balaban J connectivity index is 1.44. The number of hydrogen-bond donors (Lipinski definition) is 2. The van der Waals surface area contributed by atoms with E-state index in [0.717, 1.165) is 25.7 Å². The van der Waals surface area contributed by atoms with E-state index in [1.165, 1.54) is 7.11 Å². The fraction of sp³-hybridized carbons (Fsp3) is 0.571. The van der Waals surface area contributed by atoms with Gasteiger partial charge in [0.2, 0.25) is 11.9 Å². The molecule has 9 nitrogen and oxygen atoms in total. The zero-order chi connectivity index (χ0) is 28.1. The number of rotatable bonds is 6. The van der Waals surface area contributed by atoms with Crippen molar-refractivity contribution >= 4 is 35.0 Å². The van der Waals surface area contributed by atoms with Gasteiger partial charge in [0.1, 0.15) is 11.4 Å². The van der Waals surface area contributed by atoms with Crippen LogP contribution in [0.5, 0.6) is 5.75 Å². The standard InChI is InChI=1S/C28H36F2N6O3/c1-16-19(24(37)32-17-12-28(29,30)13-17)10-11-20(22(16)39-5)33-26-31-14-21-23(34-26)36(18-8-6-7-9-18)15-27(2,3)25(38)35(21)4/h10-11,14,17-18H,6-9,12-13,15H2,1-5H3,(H,32,37)(H,31,33,34). The maximum atomic E-state index is 13.2. The highest BCUT2D eigenvalue weighted by Crippen LogP contribution is 2.41. The Bertz CT molecular complexity index is 1290. The molecular weight excluding hydrogens is 506 g/mol. The van der Waals surface area contributed by atoms with Gasteiger partial charge in [0.05, 0.1) is 24.4 Å². The number of nitrogens with zero attached hydrogens (tertiary/aromatic N) is 4. The fourth-order valence-corrected chi connectivity index (χ4v) is 5.97. The second-order valence-corrected chi connectivity index (χ2v) is 11.6. The summed E-state index contributed by atoms with van der Waals surface area (Å²) in [7, 11) is 3.27. The molecule has 1 aromatic heterocycles. The molecule has 2 heterocycles. The SMILES string of the molecule is COc1c(Nc2ncc3c(n2)N(C2CCCC2)CC(C)(C)C(=O)N3C)ccc(C(=O)NC2CC(F)(F)C2)c1C. The quantitative estimate of drug-likeness (QED) is 0.540. The lowest BCUT2D eigenvalue weighted by atomic mass is 9.88. The minimum Gasteiger partial charge on any atom is -0.494 e. The summed E-state index contributed by atoms with van der Waals surface area (Å²) < 4.78 is 32.0. The number of hydrogen-bond acceptors (Lipinski definition) is 7. The summed E-state index contributed by atoms with van der Waals surface area (Å²) in [5.74, 6) is -1.63. The number of ether oxygens (including phenoxy) is 1. The molecule has 2 aliphatic carbocycles. The maximum Gasteiger partial charge on any atom is 0.252 e. The molecule has 3 aliphatic rings. The van der Waals surface area contributed by atoms with E-state index >= 15 is 0 Å². The maximum absolute atomic E-state index is 13.2. The Morgan fingerprint density at radius 3 is 2.51 bits per heavy atom. The molecule has 2 saturated carbocycles. The molecule has 0 atom stereocenters. The monoisotopic (exact) mass is 542 g/mol. The average molecular weight is 543 g/mol. The largest absolute Gasteiger partial charge is 0.494 e. The number of amides is 2. The zero-order valence-electron chi connectivity index (χ0n) is 23.1. The van der Waals surface area contributed by atoms with Crippen molar-refractivity contribution in [1.29, 1.82) is 0 Å². The van der Waals surface area contributed by atoms with Gasteiger partial charge in [-0.2, -0.15) is 4.98 Å². The van der Waals surface area contributed by atoms with Crippen molar-refractivity contribution in [1.82, 2.24) is 15.3 Å². The van der Waals surface area contributed by atoms with Gasteiger partial charge in [-0.1, -0.05) is 12.8 Å². The molecule has 1 aromatic carbocycles. The second-order valence-electron chi connectivity index (χ2n) is 11.6. The molecular formula is C28H36F2N6O3. The Hall–Kier alpha value is -3.50. The van der Waals surface area contributed by atoms with Gasteiger partial charge in [-0.25, -0.2) is 13.8 Å². The number of fused-ring (bicyclic) bond motifs is 1. The van der Waals surface area contributed by atoms with E-state index in [2.05, 4.69) is 20.5 Å². The molecule has 0 radical (unpaired) electrons. The van der Waals surface area contributed by atoms with Gasteiger partial charge >= 0.3 is 0 Å². The van der Waals surface area contributed by atoms with E-state index in [1.807, 2.05) is 13.8 Å². The molecule has 39 heavy (non-hydrogen) atoms. The highest BCUT2D eigenvalue weighted by Gasteiger charge is 2.46. The lowest BCUT2D eigenvalue weighted by Gasteiger charge is -2.35. The lowest BCUT2D eigenvalue weighted by Crippen LogP contribution is -2.50. The van der Waals surface area contributed by atoms with Crippen LogP contribution in [0.1, 0.15) is 68.3 Å². The molecule has 0 saturated heterocycles. The number of alkyl halides is 2. The summed E-state index contributed by atoms with van der Waals surface area (Å²) in [6.07, 6.45) is 5.37. The first-order valence-corrected chi connectivity index (χ1v) is 13.5. The number of carbonyl (C=O) groups is 2. The van der Waals surface area contributed by atoms with Crippen LogP contribution in [0.15, 0.2) is 18.3 Å². The Kier molecular flexibility index (Phi) is 6.88. The van der Waals surface area contributed by atoms with Gasteiger partial charge < -0.3 is 25.2 Å². The number of anilines is 4. The van der Waals surface area contributed by atoms with E-state index < -0.39 is 23.3 Å². The van der Waals surface area contributed by atoms with Gasteiger partial charge in [0, 0.05) is 49.6 Å². The molecule has 2 aromatic rings. The van der Waals surface area contributed by atoms with Crippen molar-refractivity contribution in [2.75, 3.05) is 35.8 Å². The predicted octanol–water partition coefficient (Wildman–Crippen LogP) is 4.82. The van der Waals surface area contributed by atoms with Crippen LogP contribution < -0.4 is 25.2 Å². The van der Waals surface area contributed by atoms with Crippen molar-refractivity contribution in [3.8, 4) is 5.75 Å². The lowest BCUT2D eigenvalue weighted by molar-refractivity contribution is -0.125. The summed E-state index contributed by atoms with van der Waals surface area (Å²) in [5.41, 5.74) is 1.57. The third-order valence-electron chi connectivity index (χ3n) is 8.12. The summed E-state index contributed by atoms with van der Waals surface area (Å²) in [6.45, 7) is 6.24. The van der Waals surface area contributed by atoms with Crippen LogP contribution >= 0.6 is 0 Å². The number of nitrogens with one attached hydrogen (secondary N) is 2. The summed E-state index contributed by atoms with van der Waals surface area (Å²) in [5, 5.41) is 5.90. The van der Waals surface area contributed by atoms with E-state index in [-0.39, 0.29) is 18.7 Å². The highest BCUT2D eigenvalue weighted by molar-refractivity contribution is 6.01. The fourth-order valence-electron chi connectivity index (χ4n) is 5.97. The average Bonchev–Trinajstić information content (AvgIpc) is 3.38. The molecule has 1 aliphatic heterocycles. The third-order valence-corrected chi connectivity index (χ3v) is 8.12. The first kappa shape index (κ1) is 27.1. The Labute approximate surface area is 227 Å². The molecule has 2 amide bonds. The Morgan fingerprint density at radius 2 is 1.87 bits per heavy atom. The van der Waals surface area contributed by atoms with Crippen LogP contribution in [0.4, 0.5) is 31.9 Å². The summed E-state index contributed by atoms with van der Waals surface area (Å²) >= 11 is 0. The minimum absolute atomic E-state index is 0.0188.